The summed E-state index contributed by atoms with van der Waals surface area (Å²) < 4.78 is 11.1. The molecule has 0 spiro atoms. The summed E-state index contributed by atoms with van der Waals surface area (Å²) in [5.74, 6) is 5.59. The van der Waals surface area contributed by atoms with E-state index in [2.05, 4.69) is 30.1 Å². The Bertz CT molecular complexity index is 879. The lowest BCUT2D eigenvalue weighted by Crippen LogP contribution is -2.17. The second-order valence-electron chi connectivity index (χ2n) is 6.75. The molecule has 0 saturated carbocycles. The molecule has 1 aromatic carbocycles. The number of hydrogen-bond acceptors (Lipinski definition) is 4. The van der Waals surface area contributed by atoms with Crippen molar-refractivity contribution in [1.82, 2.24) is 0 Å². The maximum Gasteiger partial charge on any atom is 0.307 e. The van der Waals surface area contributed by atoms with Crippen LogP contribution in [0.3, 0.4) is 0 Å². The molecule has 2 aliphatic rings. The van der Waals surface area contributed by atoms with Gasteiger partial charge in [-0.3, -0.25) is 4.79 Å². The molecule has 4 nitrogen and oxygen atoms in total. The first-order valence-electron chi connectivity index (χ1n) is 9.20. The van der Waals surface area contributed by atoms with Gasteiger partial charge in [-0.2, -0.15) is 5.26 Å². The number of allylic oxidation sites excluding steroid dienone is 2. The van der Waals surface area contributed by atoms with Gasteiger partial charge in [0.1, 0.15) is 0 Å². The number of esters is 1. The van der Waals surface area contributed by atoms with Crippen molar-refractivity contribution in [3.8, 4) is 17.9 Å². The molecule has 27 heavy (non-hydrogen) atoms. The Labute approximate surface area is 160 Å². The van der Waals surface area contributed by atoms with E-state index in [1.54, 1.807) is 6.92 Å². The fourth-order valence-electron chi connectivity index (χ4n) is 3.65. The number of carbonyl (C=O) groups is 1. The third-order valence-corrected chi connectivity index (χ3v) is 5.04. The molecule has 0 saturated heterocycles. The first-order valence-corrected chi connectivity index (χ1v) is 9.20. The molecule has 0 aromatic heterocycles. The quantitative estimate of drug-likeness (QED) is 0.587. The fourth-order valence-corrected chi connectivity index (χ4v) is 3.65. The zero-order chi connectivity index (χ0) is 19.2. The molecule has 2 aliphatic carbocycles. The molecule has 1 aromatic rings. The van der Waals surface area contributed by atoms with Crippen LogP contribution in [-0.2, 0) is 20.7 Å². The van der Waals surface area contributed by atoms with Crippen LogP contribution in [0.15, 0.2) is 42.0 Å². The van der Waals surface area contributed by atoms with Crippen LogP contribution >= 0.6 is 0 Å². The van der Waals surface area contributed by atoms with E-state index in [-0.39, 0.29) is 30.5 Å². The largest absolute Gasteiger partial charge is 0.469 e. The molecule has 3 rings (SSSR count). The van der Waals surface area contributed by atoms with E-state index in [1.165, 1.54) is 18.2 Å². The number of aryl methyl sites for hydroxylation is 1. The molecule has 0 fully saturated rings. The highest BCUT2D eigenvalue weighted by Crippen LogP contribution is 2.36. The number of hydrogen-bond donors (Lipinski definition) is 0. The van der Waals surface area contributed by atoms with Gasteiger partial charge in [0.05, 0.1) is 43.3 Å². The number of nitriles is 1. The second kappa shape index (κ2) is 8.71. The number of nitrogens with zero attached hydrogens (tertiary/aromatic N) is 1. The van der Waals surface area contributed by atoms with Gasteiger partial charge in [-0.1, -0.05) is 30.2 Å². The molecule has 0 heterocycles. The smallest absolute Gasteiger partial charge is 0.307 e. The van der Waals surface area contributed by atoms with E-state index in [9.17, 15) is 4.79 Å². The lowest BCUT2D eigenvalue weighted by atomic mass is 9.91. The summed E-state index contributed by atoms with van der Waals surface area (Å²) in [6.07, 6.45) is 9.16. The third kappa shape index (κ3) is 4.48. The highest BCUT2D eigenvalue weighted by molar-refractivity contribution is 5.71. The minimum atomic E-state index is -0.255. The summed E-state index contributed by atoms with van der Waals surface area (Å²) in [5.41, 5.74) is 4.15. The van der Waals surface area contributed by atoms with E-state index in [1.807, 2.05) is 24.3 Å². The third-order valence-electron chi connectivity index (χ3n) is 5.04. The Hall–Kier alpha value is -2.82. The van der Waals surface area contributed by atoms with Crippen molar-refractivity contribution in [2.75, 3.05) is 7.11 Å². The van der Waals surface area contributed by atoms with E-state index < -0.39 is 0 Å². The van der Waals surface area contributed by atoms with Crippen molar-refractivity contribution < 1.29 is 14.3 Å². The van der Waals surface area contributed by atoms with Crippen LogP contribution in [0.2, 0.25) is 0 Å². The highest BCUT2D eigenvalue weighted by Gasteiger charge is 2.26. The maximum atomic E-state index is 11.6. The molecule has 0 N–H and O–H groups in total. The summed E-state index contributed by atoms with van der Waals surface area (Å²) in [6.45, 7) is 1.78. The number of carbonyl (C=O) groups excluding carboxylic acids is 1. The van der Waals surface area contributed by atoms with Crippen LogP contribution in [0.5, 0.6) is 0 Å². The Kier molecular flexibility index (Phi) is 6.12. The lowest BCUT2D eigenvalue weighted by molar-refractivity contribution is -0.141. The SMILES string of the molecule is CC#CC(CC(=O)OC)C1=CCC(OC2CCc3cc(C#N)ccc32)C=C1. The lowest BCUT2D eigenvalue weighted by Gasteiger charge is -2.23. The molecule has 0 amide bonds. The van der Waals surface area contributed by atoms with Crippen molar-refractivity contribution in [2.24, 2.45) is 5.92 Å². The van der Waals surface area contributed by atoms with Gasteiger partial charge in [0.2, 0.25) is 0 Å². The Morgan fingerprint density at radius 2 is 2.26 bits per heavy atom. The summed E-state index contributed by atoms with van der Waals surface area (Å²) in [4.78, 5) is 11.6. The summed E-state index contributed by atoms with van der Waals surface area (Å²) >= 11 is 0. The van der Waals surface area contributed by atoms with Crippen LogP contribution < -0.4 is 0 Å². The minimum absolute atomic E-state index is 0.00806. The summed E-state index contributed by atoms with van der Waals surface area (Å²) in [6, 6.07) is 8.03. The molecule has 0 aliphatic heterocycles. The monoisotopic (exact) mass is 361 g/mol. The van der Waals surface area contributed by atoms with Gasteiger partial charge in [-0.15, -0.1) is 5.92 Å². The van der Waals surface area contributed by atoms with Crippen LogP contribution in [0.25, 0.3) is 0 Å². The molecule has 0 radical (unpaired) electrons. The Morgan fingerprint density at radius 1 is 1.41 bits per heavy atom. The average Bonchev–Trinajstić information content (AvgIpc) is 3.10. The zero-order valence-corrected chi connectivity index (χ0v) is 15.7. The van der Waals surface area contributed by atoms with Crippen molar-refractivity contribution in [2.45, 2.75) is 44.8 Å². The average molecular weight is 361 g/mol. The van der Waals surface area contributed by atoms with Gasteiger partial charge < -0.3 is 9.47 Å². The van der Waals surface area contributed by atoms with Gasteiger partial charge in [-0.25, -0.2) is 0 Å². The molecular weight excluding hydrogens is 338 g/mol. The molecular formula is C23H23NO3. The fraction of sp³-hybridized carbons (Fsp3) is 0.391. The molecule has 3 unspecified atom stereocenters. The van der Waals surface area contributed by atoms with Crippen molar-refractivity contribution in [3.05, 3.63) is 58.7 Å². The molecule has 138 valence electrons. The molecule has 0 bridgehead atoms. The van der Waals surface area contributed by atoms with E-state index in [0.717, 1.165) is 24.8 Å². The summed E-state index contributed by atoms with van der Waals surface area (Å²) in [7, 11) is 1.40. The second-order valence-corrected chi connectivity index (χ2v) is 6.75. The van der Waals surface area contributed by atoms with E-state index in [0.29, 0.717) is 5.56 Å². The van der Waals surface area contributed by atoms with Crippen LogP contribution in [0.1, 0.15) is 49.0 Å². The van der Waals surface area contributed by atoms with Gasteiger partial charge in [0, 0.05) is 0 Å². The Balaban J connectivity index is 1.63. The van der Waals surface area contributed by atoms with E-state index in [4.69, 9.17) is 14.7 Å². The maximum absolute atomic E-state index is 11.6. The summed E-state index contributed by atoms with van der Waals surface area (Å²) in [5, 5.41) is 9.04. The number of rotatable bonds is 5. The topological polar surface area (TPSA) is 59.3 Å². The number of fused-ring (bicyclic) bond motifs is 1. The van der Waals surface area contributed by atoms with Gasteiger partial charge in [0.15, 0.2) is 0 Å². The number of benzene rings is 1. The van der Waals surface area contributed by atoms with Crippen LogP contribution in [-0.4, -0.2) is 19.2 Å². The predicted molar refractivity (Wildman–Crippen MR) is 103 cm³/mol. The number of ether oxygens (including phenoxy) is 2. The minimum Gasteiger partial charge on any atom is -0.469 e. The van der Waals surface area contributed by atoms with E-state index >= 15 is 0 Å². The van der Waals surface area contributed by atoms with Crippen molar-refractivity contribution in [1.29, 1.82) is 5.26 Å². The molecule has 3 atom stereocenters. The normalized spacial score (nSPS) is 21.3. The van der Waals surface area contributed by atoms with Gasteiger partial charge in [-0.05, 0) is 55.0 Å². The van der Waals surface area contributed by atoms with Gasteiger partial charge in [0.25, 0.3) is 0 Å². The van der Waals surface area contributed by atoms with Crippen LogP contribution in [0, 0.1) is 29.1 Å². The zero-order valence-electron chi connectivity index (χ0n) is 15.7. The Morgan fingerprint density at radius 3 is 2.93 bits per heavy atom. The first-order chi connectivity index (χ1) is 13.1. The van der Waals surface area contributed by atoms with Gasteiger partial charge >= 0.3 is 5.97 Å². The standard InChI is InChI=1S/C23H23NO3/c1-3-4-18(14-23(25)26-2)17-6-9-20(10-7-17)27-22-12-8-19-13-16(15-24)5-11-21(19)22/h5-7,9,11,13,18,20,22H,8,10,12,14H2,1-2H3. The van der Waals surface area contributed by atoms with Crippen molar-refractivity contribution >= 4 is 5.97 Å². The molecule has 4 heteroatoms. The highest BCUT2D eigenvalue weighted by atomic mass is 16.5. The van der Waals surface area contributed by atoms with Crippen LogP contribution in [0.4, 0.5) is 0 Å². The van der Waals surface area contributed by atoms with Crippen molar-refractivity contribution in [3.63, 3.8) is 0 Å². The predicted octanol–water partition coefficient (Wildman–Crippen LogP) is 4.02. The number of methoxy groups -OCH3 is 1. The first kappa shape index (κ1) is 19.0.